The number of carbonyl (C=O) groups is 1. The average Bonchev–Trinajstić information content (AvgIpc) is 3.01. The van der Waals surface area contributed by atoms with E-state index in [-0.39, 0.29) is 23.2 Å². The highest BCUT2D eigenvalue weighted by Gasteiger charge is 2.28. The van der Waals surface area contributed by atoms with E-state index in [4.69, 9.17) is 10.5 Å². The zero-order valence-electron chi connectivity index (χ0n) is 9.71. The monoisotopic (exact) mass is 271 g/mol. The van der Waals surface area contributed by atoms with E-state index in [1.807, 2.05) is 0 Å². The molecule has 0 atom stereocenters. The molecule has 0 radical (unpaired) electrons. The first-order valence-electron chi connectivity index (χ1n) is 5.30. The molecule has 0 bridgehead atoms. The van der Waals surface area contributed by atoms with Gasteiger partial charge >= 0.3 is 0 Å². The van der Waals surface area contributed by atoms with Gasteiger partial charge in [0, 0.05) is 6.20 Å². The predicted octanol–water partition coefficient (Wildman–Crippen LogP) is 0.0932. The summed E-state index contributed by atoms with van der Waals surface area (Å²) in [5.74, 6) is -0.608. The number of amides is 1. The van der Waals surface area contributed by atoms with Crippen molar-refractivity contribution in [1.29, 1.82) is 0 Å². The molecule has 1 aliphatic rings. The van der Waals surface area contributed by atoms with Gasteiger partial charge in [0.2, 0.25) is 10.0 Å². The van der Waals surface area contributed by atoms with Crippen LogP contribution in [0.1, 0.15) is 23.2 Å². The molecule has 0 aromatic carbocycles. The lowest BCUT2D eigenvalue weighted by Gasteiger charge is -2.13. The summed E-state index contributed by atoms with van der Waals surface area (Å²) in [6.45, 7) is 0. The molecule has 18 heavy (non-hydrogen) atoms. The first kappa shape index (κ1) is 12.6. The predicted molar refractivity (Wildman–Crippen MR) is 64.9 cm³/mol. The molecule has 1 aromatic heterocycles. The highest BCUT2D eigenvalue weighted by atomic mass is 32.2. The number of pyridine rings is 1. The fraction of sp³-hybridized carbons (Fsp3) is 0.400. The number of ether oxygens (including phenoxy) is 1. The van der Waals surface area contributed by atoms with Crippen molar-refractivity contribution in [1.82, 2.24) is 4.98 Å². The third kappa shape index (κ3) is 3.10. The summed E-state index contributed by atoms with van der Waals surface area (Å²) >= 11 is 0. The Labute approximate surface area is 104 Å². The first-order chi connectivity index (χ1) is 8.37. The van der Waals surface area contributed by atoms with Gasteiger partial charge in [-0.15, -0.1) is 0 Å². The quantitative estimate of drug-likeness (QED) is 0.788. The first-order valence-corrected chi connectivity index (χ1v) is 7.19. The molecule has 0 unspecified atom stereocenters. The smallest absolute Gasteiger partial charge is 0.252 e. The van der Waals surface area contributed by atoms with E-state index in [2.05, 4.69) is 9.71 Å². The van der Waals surface area contributed by atoms with Crippen LogP contribution in [0.5, 0.6) is 5.75 Å². The number of carbonyl (C=O) groups excluding carboxylic acids is 1. The van der Waals surface area contributed by atoms with E-state index in [9.17, 15) is 13.2 Å². The molecule has 1 heterocycles. The molecule has 98 valence electrons. The molecule has 7 nitrogen and oxygen atoms in total. The molecular weight excluding hydrogens is 258 g/mol. The van der Waals surface area contributed by atoms with E-state index in [0.29, 0.717) is 0 Å². The Balaban J connectivity index is 2.42. The van der Waals surface area contributed by atoms with E-state index in [0.717, 1.165) is 19.1 Å². The maximum atomic E-state index is 11.3. The minimum absolute atomic E-state index is 0.00703. The van der Waals surface area contributed by atoms with Crippen LogP contribution in [0.2, 0.25) is 0 Å². The zero-order chi connectivity index (χ0) is 13.3. The number of hydrogen-bond donors (Lipinski definition) is 2. The number of anilines is 1. The van der Waals surface area contributed by atoms with Crippen molar-refractivity contribution in [3.8, 4) is 5.75 Å². The highest BCUT2D eigenvalue weighted by molar-refractivity contribution is 7.92. The molecule has 1 aromatic rings. The van der Waals surface area contributed by atoms with Crippen LogP contribution >= 0.6 is 0 Å². The van der Waals surface area contributed by atoms with Gasteiger partial charge in [0.25, 0.3) is 5.91 Å². The zero-order valence-corrected chi connectivity index (χ0v) is 10.5. The third-order valence-electron chi connectivity index (χ3n) is 2.26. The number of nitrogens with zero attached hydrogens (tertiary/aromatic N) is 1. The Morgan fingerprint density at radius 1 is 1.56 bits per heavy atom. The largest absolute Gasteiger partial charge is 0.486 e. The van der Waals surface area contributed by atoms with Crippen molar-refractivity contribution >= 4 is 21.7 Å². The van der Waals surface area contributed by atoms with Crippen LogP contribution < -0.4 is 15.2 Å². The maximum Gasteiger partial charge on any atom is 0.252 e. The fourth-order valence-corrected chi connectivity index (χ4v) is 1.86. The second kappa shape index (κ2) is 4.45. The van der Waals surface area contributed by atoms with Crippen LogP contribution in [0.25, 0.3) is 0 Å². The lowest BCUT2D eigenvalue weighted by Crippen LogP contribution is -2.18. The number of rotatable bonds is 5. The summed E-state index contributed by atoms with van der Waals surface area (Å²) in [6.07, 6.45) is 4.02. The minimum Gasteiger partial charge on any atom is -0.486 e. The Bertz CT molecular complexity index is 581. The van der Waals surface area contributed by atoms with Crippen molar-refractivity contribution in [3.63, 3.8) is 0 Å². The second-order valence-corrected chi connectivity index (χ2v) is 5.84. The summed E-state index contributed by atoms with van der Waals surface area (Å²) in [6, 6.07) is 1.40. The minimum atomic E-state index is -3.50. The molecule has 8 heteroatoms. The summed E-state index contributed by atoms with van der Waals surface area (Å²) < 4.78 is 30.1. The van der Waals surface area contributed by atoms with E-state index >= 15 is 0 Å². The normalized spacial score (nSPS) is 15.2. The van der Waals surface area contributed by atoms with Gasteiger partial charge < -0.3 is 10.5 Å². The van der Waals surface area contributed by atoms with Crippen molar-refractivity contribution < 1.29 is 17.9 Å². The van der Waals surface area contributed by atoms with Gasteiger partial charge in [-0.1, -0.05) is 0 Å². The molecule has 1 aliphatic carbocycles. The van der Waals surface area contributed by atoms with Gasteiger partial charge in [-0.25, -0.2) is 13.4 Å². The average molecular weight is 271 g/mol. The van der Waals surface area contributed by atoms with Crippen molar-refractivity contribution in [2.45, 2.75) is 18.9 Å². The summed E-state index contributed by atoms with van der Waals surface area (Å²) in [7, 11) is -3.50. The summed E-state index contributed by atoms with van der Waals surface area (Å²) in [5, 5.41) is 0. The number of aromatic nitrogens is 1. The fourth-order valence-electron chi connectivity index (χ4n) is 1.36. The molecule has 1 saturated carbocycles. The van der Waals surface area contributed by atoms with Gasteiger partial charge in [0.05, 0.1) is 17.9 Å². The Kier molecular flexibility index (Phi) is 3.12. The van der Waals surface area contributed by atoms with Crippen LogP contribution in [0.15, 0.2) is 12.3 Å². The SMILES string of the molecule is CS(=O)(=O)Nc1nccc(C(N)=O)c1OC1CC1. The van der Waals surface area contributed by atoms with Gasteiger partial charge in [-0.05, 0) is 18.9 Å². The number of nitrogens with one attached hydrogen (secondary N) is 1. The van der Waals surface area contributed by atoms with Crippen molar-refractivity contribution in [2.24, 2.45) is 5.73 Å². The molecule has 2 rings (SSSR count). The Hall–Kier alpha value is -1.83. The van der Waals surface area contributed by atoms with Gasteiger partial charge in [0.1, 0.15) is 0 Å². The van der Waals surface area contributed by atoms with E-state index in [1.165, 1.54) is 12.3 Å². The van der Waals surface area contributed by atoms with Crippen LogP contribution in [0, 0.1) is 0 Å². The molecule has 3 N–H and O–H groups in total. The standard InChI is InChI=1S/C10H13N3O4S/c1-18(15,16)13-10-8(17-6-2-3-6)7(9(11)14)4-5-12-10/h4-6H,2-3H2,1H3,(H2,11,14)(H,12,13). The lowest BCUT2D eigenvalue weighted by atomic mass is 10.2. The van der Waals surface area contributed by atoms with Crippen LogP contribution in [-0.2, 0) is 10.0 Å². The third-order valence-corrected chi connectivity index (χ3v) is 2.83. The molecule has 0 aliphatic heterocycles. The second-order valence-electron chi connectivity index (χ2n) is 4.09. The van der Waals surface area contributed by atoms with Crippen LogP contribution in [0.4, 0.5) is 5.82 Å². The number of sulfonamides is 1. The van der Waals surface area contributed by atoms with E-state index < -0.39 is 15.9 Å². The maximum absolute atomic E-state index is 11.3. The van der Waals surface area contributed by atoms with Crippen molar-refractivity contribution in [3.05, 3.63) is 17.8 Å². The van der Waals surface area contributed by atoms with Gasteiger partial charge in [0.15, 0.2) is 11.6 Å². The Morgan fingerprint density at radius 3 is 2.72 bits per heavy atom. The molecule has 0 saturated heterocycles. The topological polar surface area (TPSA) is 111 Å². The van der Waals surface area contributed by atoms with Crippen LogP contribution in [-0.4, -0.2) is 31.7 Å². The van der Waals surface area contributed by atoms with Gasteiger partial charge in [-0.2, -0.15) is 0 Å². The van der Waals surface area contributed by atoms with Crippen molar-refractivity contribution in [2.75, 3.05) is 11.0 Å². The van der Waals surface area contributed by atoms with E-state index in [1.54, 1.807) is 0 Å². The highest BCUT2D eigenvalue weighted by Crippen LogP contribution is 2.33. The number of hydrogen-bond acceptors (Lipinski definition) is 5. The molecule has 1 fully saturated rings. The summed E-state index contributed by atoms with van der Waals surface area (Å²) in [4.78, 5) is 15.1. The van der Waals surface area contributed by atoms with Gasteiger partial charge in [-0.3, -0.25) is 9.52 Å². The molecule has 1 amide bonds. The Morgan fingerprint density at radius 2 is 2.22 bits per heavy atom. The number of nitrogens with two attached hydrogens (primary N) is 1. The van der Waals surface area contributed by atoms with Crippen LogP contribution in [0.3, 0.4) is 0 Å². The number of primary amides is 1. The summed E-state index contributed by atoms with van der Waals surface area (Å²) in [5.41, 5.74) is 5.33. The lowest BCUT2D eigenvalue weighted by molar-refractivity contribution is 0.0996. The molecular formula is C10H13N3O4S. The molecule has 0 spiro atoms.